The molecule has 1 aromatic carbocycles. The van der Waals surface area contributed by atoms with Crippen LogP contribution in [0, 0.1) is 12.7 Å². The van der Waals surface area contributed by atoms with Crippen molar-refractivity contribution in [1.29, 1.82) is 0 Å². The van der Waals surface area contributed by atoms with Crippen LogP contribution in [0.25, 0.3) is 10.1 Å². The first kappa shape index (κ1) is 17.2. The van der Waals surface area contributed by atoms with E-state index < -0.39 is 0 Å². The fraction of sp³-hybridized carbons (Fsp3) is 0.438. The number of thiophene rings is 1. The van der Waals surface area contributed by atoms with E-state index >= 15 is 0 Å². The van der Waals surface area contributed by atoms with Gasteiger partial charge in [0, 0.05) is 23.8 Å². The van der Waals surface area contributed by atoms with E-state index in [9.17, 15) is 9.18 Å². The second kappa shape index (κ2) is 6.94. The fourth-order valence-electron chi connectivity index (χ4n) is 3.08. The minimum atomic E-state index is -0.253. The molecule has 0 radical (unpaired) electrons. The standard InChI is InChI=1S/C16H19FN2OS.ClH/c1-10-13-8-11(17)5-6-14(13)21-15(10)16(20)19-7-3-4-12(19)9-18-2;/h5-6,8,12,18H,3-4,7,9H2,1-2H3;1H. The van der Waals surface area contributed by atoms with Crippen LogP contribution in [0.15, 0.2) is 18.2 Å². The largest absolute Gasteiger partial charge is 0.334 e. The minimum Gasteiger partial charge on any atom is -0.334 e. The number of fused-ring (bicyclic) bond motifs is 1. The van der Waals surface area contributed by atoms with E-state index in [0.717, 1.165) is 46.5 Å². The van der Waals surface area contributed by atoms with Gasteiger partial charge in [-0.05, 0) is 56.0 Å². The Bertz CT molecular complexity index is 688. The molecule has 0 spiro atoms. The maximum atomic E-state index is 13.4. The molecule has 2 heterocycles. The van der Waals surface area contributed by atoms with Crippen LogP contribution < -0.4 is 5.32 Å². The molecule has 1 atom stereocenters. The molecule has 120 valence electrons. The number of halogens is 2. The number of likely N-dealkylation sites (tertiary alicyclic amines) is 1. The second-order valence-corrected chi connectivity index (χ2v) is 6.60. The highest BCUT2D eigenvalue weighted by molar-refractivity contribution is 7.21. The first-order valence-electron chi connectivity index (χ1n) is 7.26. The molecule has 0 saturated carbocycles. The molecular weight excluding hydrogens is 323 g/mol. The third kappa shape index (κ3) is 2.98. The van der Waals surface area contributed by atoms with Gasteiger partial charge in [-0.2, -0.15) is 0 Å². The summed E-state index contributed by atoms with van der Waals surface area (Å²) in [4.78, 5) is 15.5. The highest BCUT2D eigenvalue weighted by Crippen LogP contribution is 2.33. The van der Waals surface area contributed by atoms with Crippen molar-refractivity contribution in [2.45, 2.75) is 25.8 Å². The Kier molecular flexibility index (Phi) is 5.42. The molecule has 1 aliphatic heterocycles. The zero-order chi connectivity index (χ0) is 15.0. The third-order valence-corrected chi connectivity index (χ3v) is 5.43. The van der Waals surface area contributed by atoms with Crippen molar-refractivity contribution in [3.05, 3.63) is 34.5 Å². The molecule has 3 rings (SSSR count). The number of hydrogen-bond acceptors (Lipinski definition) is 3. The lowest BCUT2D eigenvalue weighted by Crippen LogP contribution is -2.40. The zero-order valence-electron chi connectivity index (χ0n) is 12.7. The van der Waals surface area contributed by atoms with Crippen molar-refractivity contribution in [3.63, 3.8) is 0 Å². The number of likely N-dealkylation sites (N-methyl/N-ethyl adjacent to an activating group) is 1. The van der Waals surface area contributed by atoms with Gasteiger partial charge in [0.1, 0.15) is 5.82 Å². The van der Waals surface area contributed by atoms with E-state index in [2.05, 4.69) is 5.32 Å². The molecule has 2 aromatic rings. The van der Waals surface area contributed by atoms with Crippen LogP contribution in [0.3, 0.4) is 0 Å². The van der Waals surface area contributed by atoms with Crippen LogP contribution in [-0.4, -0.2) is 37.0 Å². The zero-order valence-corrected chi connectivity index (χ0v) is 14.3. The molecule has 1 fully saturated rings. The van der Waals surface area contributed by atoms with Crippen molar-refractivity contribution >= 4 is 39.7 Å². The predicted molar refractivity (Wildman–Crippen MR) is 91.8 cm³/mol. The Morgan fingerprint density at radius 2 is 2.27 bits per heavy atom. The average Bonchev–Trinajstić information content (AvgIpc) is 3.04. The number of nitrogens with zero attached hydrogens (tertiary/aromatic N) is 1. The second-order valence-electron chi connectivity index (χ2n) is 5.55. The van der Waals surface area contributed by atoms with Crippen LogP contribution in [0.1, 0.15) is 28.1 Å². The lowest BCUT2D eigenvalue weighted by Gasteiger charge is -2.24. The number of rotatable bonds is 3. The van der Waals surface area contributed by atoms with Gasteiger partial charge in [0.2, 0.25) is 0 Å². The van der Waals surface area contributed by atoms with E-state index in [1.165, 1.54) is 23.5 Å². The van der Waals surface area contributed by atoms with Gasteiger partial charge >= 0.3 is 0 Å². The normalized spacial score (nSPS) is 17.8. The number of nitrogens with one attached hydrogen (secondary N) is 1. The summed E-state index contributed by atoms with van der Waals surface area (Å²) in [7, 11) is 1.91. The van der Waals surface area contributed by atoms with Crippen LogP contribution in [0.2, 0.25) is 0 Å². The molecule has 1 unspecified atom stereocenters. The Morgan fingerprint density at radius 1 is 1.50 bits per heavy atom. The highest BCUT2D eigenvalue weighted by Gasteiger charge is 2.30. The molecule has 0 aliphatic carbocycles. The van der Waals surface area contributed by atoms with E-state index in [0.29, 0.717) is 0 Å². The topological polar surface area (TPSA) is 32.3 Å². The molecule has 3 nitrogen and oxygen atoms in total. The minimum absolute atomic E-state index is 0. The average molecular weight is 343 g/mol. The lowest BCUT2D eigenvalue weighted by molar-refractivity contribution is 0.0741. The molecule has 1 aliphatic rings. The van der Waals surface area contributed by atoms with Gasteiger partial charge in [-0.25, -0.2) is 4.39 Å². The van der Waals surface area contributed by atoms with Gasteiger partial charge in [-0.3, -0.25) is 4.79 Å². The van der Waals surface area contributed by atoms with E-state index in [-0.39, 0.29) is 30.2 Å². The van der Waals surface area contributed by atoms with Crippen molar-refractivity contribution in [1.82, 2.24) is 10.2 Å². The van der Waals surface area contributed by atoms with Crippen LogP contribution >= 0.6 is 23.7 Å². The van der Waals surface area contributed by atoms with Gasteiger partial charge in [0.05, 0.1) is 4.88 Å². The summed E-state index contributed by atoms with van der Waals surface area (Å²) in [5, 5.41) is 4.01. The van der Waals surface area contributed by atoms with Gasteiger partial charge in [-0.1, -0.05) is 0 Å². The summed E-state index contributed by atoms with van der Waals surface area (Å²) in [5.74, 6) is -0.163. The number of hydrogen-bond donors (Lipinski definition) is 1. The fourth-order valence-corrected chi connectivity index (χ4v) is 4.22. The SMILES string of the molecule is CNCC1CCCN1C(=O)c1sc2ccc(F)cc2c1C.Cl. The van der Waals surface area contributed by atoms with E-state index in [4.69, 9.17) is 0 Å². The Hall–Kier alpha value is -1.17. The van der Waals surface area contributed by atoms with Crippen LogP contribution in [-0.2, 0) is 0 Å². The highest BCUT2D eigenvalue weighted by atomic mass is 35.5. The number of benzene rings is 1. The summed E-state index contributed by atoms with van der Waals surface area (Å²) < 4.78 is 14.4. The third-order valence-electron chi connectivity index (χ3n) is 4.17. The van der Waals surface area contributed by atoms with Gasteiger partial charge in [0.25, 0.3) is 5.91 Å². The summed E-state index contributed by atoms with van der Waals surface area (Å²) in [6, 6.07) is 5.00. The molecule has 1 aromatic heterocycles. The summed E-state index contributed by atoms with van der Waals surface area (Å²) >= 11 is 1.47. The number of aryl methyl sites for hydroxylation is 1. The van der Waals surface area contributed by atoms with Crippen molar-refractivity contribution in [2.24, 2.45) is 0 Å². The maximum absolute atomic E-state index is 13.4. The first-order valence-corrected chi connectivity index (χ1v) is 8.07. The smallest absolute Gasteiger partial charge is 0.264 e. The molecule has 1 amide bonds. The molecule has 1 saturated heterocycles. The number of amides is 1. The van der Waals surface area contributed by atoms with Crippen molar-refractivity contribution < 1.29 is 9.18 Å². The van der Waals surface area contributed by atoms with Crippen LogP contribution in [0.4, 0.5) is 4.39 Å². The number of carbonyl (C=O) groups excluding carboxylic acids is 1. The first-order chi connectivity index (χ1) is 10.1. The lowest BCUT2D eigenvalue weighted by atomic mass is 10.1. The molecule has 1 N–H and O–H groups in total. The Balaban J connectivity index is 0.00000176. The summed E-state index contributed by atoms with van der Waals surface area (Å²) in [5.41, 5.74) is 0.898. The quantitative estimate of drug-likeness (QED) is 0.924. The monoisotopic (exact) mass is 342 g/mol. The summed E-state index contributed by atoms with van der Waals surface area (Å²) in [6.07, 6.45) is 2.10. The Morgan fingerprint density at radius 3 is 3.00 bits per heavy atom. The van der Waals surface area contributed by atoms with E-state index in [1.54, 1.807) is 6.07 Å². The maximum Gasteiger partial charge on any atom is 0.264 e. The molecule has 0 bridgehead atoms. The van der Waals surface area contributed by atoms with Crippen molar-refractivity contribution in [2.75, 3.05) is 20.1 Å². The van der Waals surface area contributed by atoms with Crippen molar-refractivity contribution in [3.8, 4) is 0 Å². The Labute approximate surface area is 139 Å². The summed E-state index contributed by atoms with van der Waals surface area (Å²) in [6.45, 7) is 3.55. The number of carbonyl (C=O) groups is 1. The van der Waals surface area contributed by atoms with Gasteiger partial charge < -0.3 is 10.2 Å². The van der Waals surface area contributed by atoms with Gasteiger partial charge in [-0.15, -0.1) is 23.7 Å². The molecular formula is C16H20ClFN2OS. The van der Waals surface area contributed by atoms with E-state index in [1.807, 2.05) is 18.9 Å². The molecule has 22 heavy (non-hydrogen) atoms. The predicted octanol–water partition coefficient (Wildman–Crippen LogP) is 3.59. The molecule has 6 heteroatoms. The van der Waals surface area contributed by atoms with Gasteiger partial charge in [0.15, 0.2) is 0 Å². The van der Waals surface area contributed by atoms with Crippen LogP contribution in [0.5, 0.6) is 0 Å².